The molecule has 0 aromatic carbocycles. The molecule has 0 unspecified atom stereocenters. The van der Waals surface area contributed by atoms with E-state index in [1.165, 1.54) is 0 Å². The Morgan fingerprint density at radius 2 is 1.40 bits per heavy atom. The van der Waals surface area contributed by atoms with Crippen LogP contribution in [-0.2, 0) is 13.0 Å². The van der Waals surface area contributed by atoms with Crippen LogP contribution in [0.3, 0.4) is 0 Å². The molecule has 6 heteroatoms. The average Bonchev–Trinajstić information content (AvgIpc) is 2.01. The Balaban J connectivity index is 4.03. The SMILES string of the molecule is CO[Si](CC[Si](C)(C)O[Si](C)(C)C)OC. The molecule has 0 saturated heterocycles. The predicted octanol–water partition coefficient (Wildman–Crippen LogP) is 2.82. The fourth-order valence-electron chi connectivity index (χ4n) is 1.57. The van der Waals surface area contributed by atoms with Gasteiger partial charge in [-0.05, 0) is 44.8 Å². The summed E-state index contributed by atoms with van der Waals surface area (Å²) in [5, 5.41) is 0. The Hall–Kier alpha value is 0.531. The molecule has 0 bridgehead atoms. The topological polar surface area (TPSA) is 27.7 Å². The highest BCUT2D eigenvalue weighted by Crippen LogP contribution is 2.21. The van der Waals surface area contributed by atoms with E-state index < -0.39 is 25.9 Å². The van der Waals surface area contributed by atoms with E-state index in [1.807, 2.05) is 0 Å². The lowest BCUT2D eigenvalue weighted by Gasteiger charge is -2.31. The summed E-state index contributed by atoms with van der Waals surface area (Å²) in [5.74, 6) is 0. The monoisotopic (exact) mass is 265 g/mol. The molecule has 0 atom stereocenters. The highest BCUT2D eigenvalue weighted by molar-refractivity contribution is 6.84. The quantitative estimate of drug-likeness (QED) is 0.663. The summed E-state index contributed by atoms with van der Waals surface area (Å²) in [7, 11) is -0.486. The van der Waals surface area contributed by atoms with Crippen molar-refractivity contribution in [1.82, 2.24) is 0 Å². The minimum Gasteiger partial charge on any atom is -0.456 e. The average molecular weight is 266 g/mol. The fraction of sp³-hybridized carbons (Fsp3) is 1.00. The van der Waals surface area contributed by atoms with E-state index in [0.29, 0.717) is 0 Å². The molecule has 0 heterocycles. The second-order valence-electron chi connectivity index (χ2n) is 5.25. The summed E-state index contributed by atoms with van der Waals surface area (Å²) in [6.07, 6.45) is 0. The van der Waals surface area contributed by atoms with Gasteiger partial charge in [-0.3, -0.25) is 0 Å². The van der Waals surface area contributed by atoms with Gasteiger partial charge in [0, 0.05) is 14.2 Å². The molecule has 0 aliphatic heterocycles. The van der Waals surface area contributed by atoms with Crippen molar-refractivity contribution in [3.8, 4) is 0 Å². The molecule has 0 aliphatic rings. The summed E-state index contributed by atoms with van der Waals surface area (Å²) in [6, 6.07) is 2.16. The lowest BCUT2D eigenvalue weighted by molar-refractivity contribution is 0.278. The fourth-order valence-corrected chi connectivity index (χ4v) is 12.4. The van der Waals surface area contributed by atoms with Crippen LogP contribution < -0.4 is 0 Å². The molecule has 0 aromatic rings. The molecular weight excluding hydrogens is 240 g/mol. The van der Waals surface area contributed by atoms with Gasteiger partial charge in [-0.25, -0.2) is 0 Å². The molecule has 0 aliphatic carbocycles. The van der Waals surface area contributed by atoms with Gasteiger partial charge in [0.15, 0.2) is 16.6 Å². The third kappa shape index (κ3) is 8.35. The lowest BCUT2D eigenvalue weighted by atomic mass is 10.9. The summed E-state index contributed by atoms with van der Waals surface area (Å²) in [6.45, 7) is 11.3. The van der Waals surface area contributed by atoms with E-state index in [9.17, 15) is 0 Å². The van der Waals surface area contributed by atoms with Crippen molar-refractivity contribution < 1.29 is 13.0 Å². The van der Waals surface area contributed by atoms with Gasteiger partial charge in [-0.1, -0.05) is 0 Å². The van der Waals surface area contributed by atoms with Crippen LogP contribution in [0.4, 0.5) is 0 Å². The second kappa shape index (κ2) is 6.31. The Morgan fingerprint density at radius 3 is 1.73 bits per heavy atom. The number of rotatable bonds is 7. The molecule has 0 aromatic heterocycles. The van der Waals surface area contributed by atoms with Crippen LogP contribution in [-0.4, -0.2) is 40.1 Å². The van der Waals surface area contributed by atoms with Crippen molar-refractivity contribution in [2.45, 2.75) is 44.8 Å². The molecule has 0 spiro atoms. The van der Waals surface area contributed by atoms with Crippen LogP contribution in [0.15, 0.2) is 0 Å². The maximum Gasteiger partial charge on any atom is 0.383 e. The molecule has 3 nitrogen and oxygen atoms in total. The Kier molecular flexibility index (Phi) is 6.53. The first-order valence-electron chi connectivity index (χ1n) is 5.34. The van der Waals surface area contributed by atoms with Crippen molar-refractivity contribution in [3.05, 3.63) is 0 Å². The van der Waals surface area contributed by atoms with Crippen molar-refractivity contribution in [2.24, 2.45) is 0 Å². The minimum absolute atomic E-state index is 1.03. The summed E-state index contributed by atoms with van der Waals surface area (Å²) < 4.78 is 16.8. The molecule has 1 radical (unpaired) electrons. The lowest BCUT2D eigenvalue weighted by Crippen LogP contribution is -2.42. The molecular formula is C9H25O3Si3. The third-order valence-corrected chi connectivity index (χ3v) is 10.2. The zero-order valence-corrected chi connectivity index (χ0v) is 14.1. The summed E-state index contributed by atoms with van der Waals surface area (Å²) >= 11 is 0. The van der Waals surface area contributed by atoms with E-state index in [4.69, 9.17) is 13.0 Å². The van der Waals surface area contributed by atoms with Crippen LogP contribution in [0.2, 0.25) is 44.8 Å². The van der Waals surface area contributed by atoms with Gasteiger partial charge >= 0.3 is 9.28 Å². The molecule has 0 N–H and O–H groups in total. The van der Waals surface area contributed by atoms with Gasteiger partial charge in [0.2, 0.25) is 0 Å². The number of hydrogen-bond donors (Lipinski definition) is 0. The predicted molar refractivity (Wildman–Crippen MR) is 71.3 cm³/mol. The zero-order valence-electron chi connectivity index (χ0n) is 11.1. The van der Waals surface area contributed by atoms with Gasteiger partial charge in [-0.2, -0.15) is 0 Å². The summed E-state index contributed by atoms with van der Waals surface area (Å²) in [4.78, 5) is 0. The van der Waals surface area contributed by atoms with Gasteiger partial charge in [0.1, 0.15) is 0 Å². The standard InChI is InChI=1S/C9H25O3Si3/c1-10-13(11-2)8-9-15(6,7)12-14(3,4)5/h8-9H2,1-7H3. The smallest absolute Gasteiger partial charge is 0.383 e. The molecule has 0 fully saturated rings. The molecule has 0 rings (SSSR count). The maximum absolute atomic E-state index is 6.25. The van der Waals surface area contributed by atoms with Crippen molar-refractivity contribution in [1.29, 1.82) is 0 Å². The van der Waals surface area contributed by atoms with Gasteiger partial charge in [-0.15, -0.1) is 0 Å². The first-order chi connectivity index (χ1) is 6.70. The number of hydrogen-bond acceptors (Lipinski definition) is 3. The zero-order chi connectivity index (χ0) is 12.1. The highest BCUT2D eigenvalue weighted by Gasteiger charge is 2.30. The van der Waals surface area contributed by atoms with Gasteiger partial charge in [0.25, 0.3) is 0 Å². The van der Waals surface area contributed by atoms with E-state index in [-0.39, 0.29) is 0 Å². The molecule has 0 amide bonds. The minimum atomic E-state index is -1.51. The van der Waals surface area contributed by atoms with Crippen LogP contribution in [0.5, 0.6) is 0 Å². The normalized spacial score (nSPS) is 13.6. The first kappa shape index (κ1) is 15.5. The second-order valence-corrected chi connectivity index (χ2v) is 16.4. The Morgan fingerprint density at radius 1 is 0.933 bits per heavy atom. The third-order valence-electron chi connectivity index (χ3n) is 1.97. The summed E-state index contributed by atoms with van der Waals surface area (Å²) in [5.41, 5.74) is 0. The largest absolute Gasteiger partial charge is 0.456 e. The van der Waals surface area contributed by atoms with E-state index in [1.54, 1.807) is 14.2 Å². The maximum atomic E-state index is 6.25. The molecule has 91 valence electrons. The van der Waals surface area contributed by atoms with Gasteiger partial charge < -0.3 is 13.0 Å². The van der Waals surface area contributed by atoms with Crippen LogP contribution in [0, 0.1) is 0 Å². The van der Waals surface area contributed by atoms with Crippen molar-refractivity contribution >= 4 is 25.9 Å². The van der Waals surface area contributed by atoms with Crippen LogP contribution >= 0.6 is 0 Å². The first-order valence-corrected chi connectivity index (χ1v) is 13.4. The molecule has 15 heavy (non-hydrogen) atoms. The highest BCUT2D eigenvalue weighted by atomic mass is 28.4. The van der Waals surface area contributed by atoms with Crippen molar-refractivity contribution in [2.75, 3.05) is 14.2 Å². The Bertz CT molecular complexity index is 176. The van der Waals surface area contributed by atoms with E-state index in [2.05, 4.69) is 32.7 Å². The van der Waals surface area contributed by atoms with E-state index >= 15 is 0 Å². The molecule has 0 saturated carbocycles. The van der Waals surface area contributed by atoms with Crippen molar-refractivity contribution in [3.63, 3.8) is 0 Å². The van der Waals surface area contributed by atoms with Crippen LogP contribution in [0.1, 0.15) is 0 Å². The van der Waals surface area contributed by atoms with Crippen LogP contribution in [0.25, 0.3) is 0 Å². The Labute approximate surface area is 98.2 Å². The van der Waals surface area contributed by atoms with E-state index in [0.717, 1.165) is 12.1 Å². The van der Waals surface area contributed by atoms with Gasteiger partial charge in [0.05, 0.1) is 0 Å².